The van der Waals surface area contributed by atoms with E-state index in [2.05, 4.69) is 0 Å². The summed E-state index contributed by atoms with van der Waals surface area (Å²) >= 11 is 0. The molecule has 0 aromatic heterocycles. The molecule has 0 aliphatic carbocycles. The third-order valence-corrected chi connectivity index (χ3v) is 1.92. The molecule has 0 saturated heterocycles. The first kappa shape index (κ1) is 12.8. The molecule has 5 heteroatoms. The van der Waals surface area contributed by atoms with Crippen molar-refractivity contribution in [3.05, 3.63) is 29.8 Å². The van der Waals surface area contributed by atoms with Crippen LogP contribution in [-0.4, -0.2) is 28.6 Å². The second kappa shape index (κ2) is 5.69. The zero-order valence-electron chi connectivity index (χ0n) is 9.21. The molecule has 0 amide bonds. The summed E-state index contributed by atoms with van der Waals surface area (Å²) in [7, 11) is 0. The van der Waals surface area contributed by atoms with Crippen LogP contribution in [0, 0.1) is 0 Å². The topological polar surface area (TPSA) is 83.8 Å². The predicted molar refractivity (Wildman–Crippen MR) is 61.0 cm³/mol. The highest BCUT2D eigenvalue weighted by molar-refractivity contribution is 6.38. The maximum absolute atomic E-state index is 10.8. The van der Waals surface area contributed by atoms with Crippen molar-refractivity contribution in [3.8, 4) is 11.5 Å². The molecule has 1 rings (SSSR count). The molecule has 0 fully saturated rings. The fourth-order valence-corrected chi connectivity index (χ4v) is 1.15. The lowest BCUT2D eigenvalue weighted by molar-refractivity contribution is -0.146. The number of phenols is 1. The molecule has 1 aromatic carbocycles. The Hall–Kier alpha value is -2.30. The average Bonchev–Trinajstić information content (AvgIpc) is 2.29. The predicted octanol–water partition coefficient (Wildman–Crippen LogP) is 1.46. The number of carboxylic acid groups (broad SMARTS) is 1. The minimum absolute atomic E-state index is 0.00596. The number of hydrogen-bond acceptors (Lipinski definition) is 4. The zero-order chi connectivity index (χ0) is 12.8. The van der Waals surface area contributed by atoms with Gasteiger partial charge in [-0.15, -0.1) is 0 Å². The molecule has 0 saturated carbocycles. The fraction of sp³-hybridized carbons (Fsp3) is 0.167. The number of ether oxygens (including phenoxy) is 1. The van der Waals surface area contributed by atoms with E-state index in [-0.39, 0.29) is 11.5 Å². The van der Waals surface area contributed by atoms with Gasteiger partial charge < -0.3 is 14.9 Å². The van der Waals surface area contributed by atoms with Crippen molar-refractivity contribution < 1.29 is 24.5 Å². The second-order valence-electron chi connectivity index (χ2n) is 3.16. The van der Waals surface area contributed by atoms with Gasteiger partial charge in [-0.25, -0.2) is 4.79 Å². The van der Waals surface area contributed by atoms with Crippen molar-refractivity contribution in [2.24, 2.45) is 0 Å². The molecule has 0 aliphatic rings. The zero-order valence-corrected chi connectivity index (χ0v) is 9.21. The van der Waals surface area contributed by atoms with E-state index in [9.17, 15) is 14.7 Å². The Morgan fingerprint density at radius 3 is 2.71 bits per heavy atom. The van der Waals surface area contributed by atoms with E-state index >= 15 is 0 Å². The highest BCUT2D eigenvalue weighted by Gasteiger charge is 2.06. The molecule has 17 heavy (non-hydrogen) atoms. The smallest absolute Gasteiger partial charge is 0.376 e. The van der Waals surface area contributed by atoms with E-state index in [1.807, 2.05) is 0 Å². The van der Waals surface area contributed by atoms with Gasteiger partial charge >= 0.3 is 5.97 Å². The van der Waals surface area contributed by atoms with Crippen LogP contribution in [0.25, 0.3) is 6.08 Å². The van der Waals surface area contributed by atoms with Crippen molar-refractivity contribution in [2.45, 2.75) is 6.92 Å². The van der Waals surface area contributed by atoms with Gasteiger partial charge in [0, 0.05) is 0 Å². The van der Waals surface area contributed by atoms with E-state index in [1.165, 1.54) is 18.2 Å². The summed E-state index contributed by atoms with van der Waals surface area (Å²) in [5.41, 5.74) is 0.570. The lowest BCUT2D eigenvalue weighted by atomic mass is 10.1. The first-order valence-electron chi connectivity index (χ1n) is 4.95. The van der Waals surface area contributed by atoms with Gasteiger partial charge in [-0.3, -0.25) is 4.79 Å². The van der Waals surface area contributed by atoms with E-state index < -0.39 is 11.8 Å². The van der Waals surface area contributed by atoms with Gasteiger partial charge in [-0.1, -0.05) is 12.1 Å². The number of carboxylic acids is 1. The molecule has 0 spiro atoms. The number of hydrogen-bond donors (Lipinski definition) is 2. The SMILES string of the molecule is CCOc1cc(/C=C/C(=O)C(=O)O)ccc1O. The van der Waals surface area contributed by atoms with Crippen LogP contribution in [0.4, 0.5) is 0 Å². The van der Waals surface area contributed by atoms with E-state index in [0.29, 0.717) is 12.2 Å². The number of phenolic OH excluding ortho intramolecular Hbond substituents is 1. The first-order chi connectivity index (χ1) is 8.04. The Kier molecular flexibility index (Phi) is 4.28. The van der Waals surface area contributed by atoms with Gasteiger partial charge in [-0.05, 0) is 30.7 Å². The molecule has 0 unspecified atom stereocenters. The maximum atomic E-state index is 10.8. The van der Waals surface area contributed by atoms with Crippen molar-refractivity contribution in [2.75, 3.05) is 6.61 Å². The number of carbonyl (C=O) groups is 2. The third kappa shape index (κ3) is 3.64. The Bertz CT molecular complexity index is 462. The normalized spacial score (nSPS) is 10.4. The van der Waals surface area contributed by atoms with Crippen LogP contribution < -0.4 is 4.74 Å². The molecule has 90 valence electrons. The third-order valence-electron chi connectivity index (χ3n) is 1.92. The first-order valence-corrected chi connectivity index (χ1v) is 4.95. The summed E-state index contributed by atoms with van der Waals surface area (Å²) in [5, 5.41) is 17.8. The number of carbonyl (C=O) groups excluding carboxylic acids is 1. The average molecular weight is 236 g/mol. The molecule has 1 aromatic rings. The van der Waals surface area contributed by atoms with Crippen LogP contribution in [0.1, 0.15) is 12.5 Å². The van der Waals surface area contributed by atoms with Gasteiger partial charge in [0.2, 0.25) is 0 Å². The summed E-state index contributed by atoms with van der Waals surface area (Å²) in [6, 6.07) is 4.48. The quantitative estimate of drug-likeness (QED) is 0.597. The van der Waals surface area contributed by atoms with Crippen LogP contribution in [0.3, 0.4) is 0 Å². The summed E-state index contributed by atoms with van der Waals surface area (Å²) in [4.78, 5) is 21.1. The summed E-state index contributed by atoms with van der Waals surface area (Å²) < 4.78 is 5.15. The molecule has 0 heterocycles. The van der Waals surface area contributed by atoms with E-state index in [0.717, 1.165) is 6.08 Å². The maximum Gasteiger partial charge on any atom is 0.376 e. The van der Waals surface area contributed by atoms with Crippen molar-refractivity contribution >= 4 is 17.8 Å². The monoisotopic (exact) mass is 236 g/mol. The van der Waals surface area contributed by atoms with Crippen LogP contribution in [0.15, 0.2) is 24.3 Å². The van der Waals surface area contributed by atoms with E-state index in [4.69, 9.17) is 9.84 Å². The van der Waals surface area contributed by atoms with Crippen LogP contribution >= 0.6 is 0 Å². The molecule has 0 atom stereocenters. The van der Waals surface area contributed by atoms with Gasteiger partial charge in [0.25, 0.3) is 5.78 Å². The molecule has 0 bridgehead atoms. The number of aliphatic carboxylic acids is 1. The van der Waals surface area contributed by atoms with Crippen LogP contribution in [0.2, 0.25) is 0 Å². The number of aromatic hydroxyl groups is 1. The van der Waals surface area contributed by atoms with Gasteiger partial charge in [0.15, 0.2) is 11.5 Å². The molecule has 0 radical (unpaired) electrons. The molecule has 2 N–H and O–H groups in total. The van der Waals surface area contributed by atoms with Crippen molar-refractivity contribution in [1.82, 2.24) is 0 Å². The van der Waals surface area contributed by atoms with Gasteiger partial charge in [0.1, 0.15) is 0 Å². The van der Waals surface area contributed by atoms with Crippen LogP contribution in [0.5, 0.6) is 11.5 Å². The highest BCUT2D eigenvalue weighted by atomic mass is 16.5. The Balaban J connectivity index is 2.89. The lowest BCUT2D eigenvalue weighted by Crippen LogP contribution is -2.08. The standard InChI is InChI=1S/C12H12O5/c1-2-17-11-7-8(3-5-9(11)13)4-6-10(14)12(15)16/h3-7,13H,2H2,1H3,(H,15,16)/b6-4+. The number of benzene rings is 1. The minimum Gasteiger partial charge on any atom is -0.504 e. The molecular formula is C12H12O5. The molecule has 0 aliphatic heterocycles. The minimum atomic E-state index is -1.51. The fourth-order valence-electron chi connectivity index (χ4n) is 1.15. The second-order valence-corrected chi connectivity index (χ2v) is 3.16. The van der Waals surface area contributed by atoms with Crippen LogP contribution in [-0.2, 0) is 9.59 Å². The summed E-state index contributed by atoms with van der Waals surface area (Å²) in [5.74, 6) is -2.23. The highest BCUT2D eigenvalue weighted by Crippen LogP contribution is 2.27. The Morgan fingerprint density at radius 2 is 2.12 bits per heavy atom. The summed E-state index contributed by atoms with van der Waals surface area (Å²) in [6.45, 7) is 2.17. The molecule has 5 nitrogen and oxygen atoms in total. The van der Waals surface area contributed by atoms with Crippen molar-refractivity contribution in [1.29, 1.82) is 0 Å². The van der Waals surface area contributed by atoms with Gasteiger partial charge in [0.05, 0.1) is 6.61 Å². The Morgan fingerprint density at radius 1 is 1.41 bits per heavy atom. The number of rotatable bonds is 5. The largest absolute Gasteiger partial charge is 0.504 e. The molecular weight excluding hydrogens is 224 g/mol. The lowest BCUT2D eigenvalue weighted by Gasteiger charge is -2.05. The van der Waals surface area contributed by atoms with Crippen molar-refractivity contribution in [3.63, 3.8) is 0 Å². The Labute approximate surface area is 98.0 Å². The van der Waals surface area contributed by atoms with E-state index in [1.54, 1.807) is 13.0 Å². The summed E-state index contributed by atoms with van der Waals surface area (Å²) in [6.07, 6.45) is 2.29. The van der Waals surface area contributed by atoms with Gasteiger partial charge in [-0.2, -0.15) is 0 Å². The number of ketones is 1.